The van der Waals surface area contributed by atoms with E-state index in [0.29, 0.717) is 5.95 Å². The minimum atomic E-state index is -3.14. The number of aromatic nitrogens is 5. The molecule has 1 unspecified atom stereocenters. The molecule has 1 atom stereocenters. The van der Waals surface area contributed by atoms with Gasteiger partial charge < -0.3 is 5.32 Å². The topological polar surface area (TPSA) is 103 Å². The molecule has 0 radical (unpaired) electrons. The second-order valence-electron chi connectivity index (χ2n) is 4.11. The summed E-state index contributed by atoms with van der Waals surface area (Å²) in [5, 5.41) is 4.07. The zero-order chi connectivity index (χ0) is 14.2. The van der Waals surface area contributed by atoms with Gasteiger partial charge in [0.05, 0.1) is 11.8 Å². The van der Waals surface area contributed by atoms with Crippen LogP contribution in [0.15, 0.2) is 30.2 Å². The van der Waals surface area contributed by atoms with E-state index in [1.165, 1.54) is 11.7 Å². The van der Waals surface area contributed by atoms with Crippen molar-refractivity contribution in [1.29, 1.82) is 0 Å². The number of hydrogen-bond donors (Lipinski definition) is 1. The number of sulfone groups is 1. The predicted molar refractivity (Wildman–Crippen MR) is 72.3 cm³/mol. The summed E-state index contributed by atoms with van der Waals surface area (Å²) in [4.78, 5) is 15.9. The van der Waals surface area contributed by atoms with Crippen molar-refractivity contribution in [2.75, 3.05) is 11.1 Å². The first-order valence-corrected chi connectivity index (χ1v) is 7.69. The molecule has 3 rings (SSSR count). The first-order chi connectivity index (χ1) is 9.52. The Kier molecular flexibility index (Phi) is 3.14. The predicted octanol–water partition coefficient (Wildman–Crippen LogP) is 0.433. The van der Waals surface area contributed by atoms with Gasteiger partial charge in [-0.1, -0.05) is 0 Å². The molecule has 0 fully saturated rings. The first-order valence-electron chi connectivity index (χ1n) is 5.59. The third-order valence-corrected chi connectivity index (χ3v) is 4.14. The van der Waals surface area contributed by atoms with Crippen LogP contribution >= 0.6 is 11.6 Å². The number of rotatable bonds is 3. The van der Waals surface area contributed by atoms with E-state index in [-0.39, 0.29) is 23.0 Å². The van der Waals surface area contributed by atoms with Crippen LogP contribution in [0.2, 0.25) is 5.28 Å². The van der Waals surface area contributed by atoms with E-state index < -0.39 is 9.84 Å². The smallest absolute Gasteiger partial charge is 0.241 e. The van der Waals surface area contributed by atoms with Crippen LogP contribution in [0.4, 0.5) is 5.95 Å². The van der Waals surface area contributed by atoms with Gasteiger partial charge in [-0.3, -0.25) is 4.57 Å². The van der Waals surface area contributed by atoms with Crippen LogP contribution in [0.25, 0.3) is 5.95 Å². The molecule has 104 valence electrons. The molecule has 0 saturated carbocycles. The van der Waals surface area contributed by atoms with Gasteiger partial charge in [0.15, 0.2) is 9.84 Å². The third kappa shape index (κ3) is 2.78. The van der Waals surface area contributed by atoms with Gasteiger partial charge in [0.1, 0.15) is 6.33 Å². The Hall–Kier alpha value is -2.00. The molecular formula is C10H9ClN6O2S. The maximum absolute atomic E-state index is 11.3. The summed E-state index contributed by atoms with van der Waals surface area (Å²) < 4.78 is 24.2. The molecule has 0 amide bonds. The fourth-order valence-electron chi connectivity index (χ4n) is 1.73. The van der Waals surface area contributed by atoms with Crippen LogP contribution in [-0.4, -0.2) is 44.7 Å². The van der Waals surface area contributed by atoms with E-state index in [1.54, 1.807) is 23.0 Å². The van der Waals surface area contributed by atoms with Crippen molar-refractivity contribution in [3.8, 4) is 5.95 Å². The highest BCUT2D eigenvalue weighted by Gasteiger charge is 2.22. The number of nitrogens with one attached hydrogen (secondary N) is 1. The van der Waals surface area contributed by atoms with Gasteiger partial charge in [0.25, 0.3) is 0 Å². The Labute approximate surface area is 119 Å². The molecule has 1 N–H and O–H groups in total. The van der Waals surface area contributed by atoms with E-state index in [2.05, 4.69) is 25.3 Å². The number of imidazole rings is 1. The lowest BCUT2D eigenvalue weighted by Crippen LogP contribution is -2.23. The summed E-state index contributed by atoms with van der Waals surface area (Å²) in [5.41, 5.74) is 0. The minimum Gasteiger partial charge on any atom is -0.347 e. The Bertz CT molecular complexity index is 758. The van der Waals surface area contributed by atoms with Crippen molar-refractivity contribution in [3.63, 3.8) is 0 Å². The lowest BCUT2D eigenvalue weighted by atomic mass is 10.3. The molecule has 0 aliphatic carbocycles. The summed E-state index contributed by atoms with van der Waals surface area (Å²) in [5.74, 6) is 0.478. The maximum Gasteiger partial charge on any atom is 0.241 e. The van der Waals surface area contributed by atoms with E-state index in [1.807, 2.05) is 0 Å². The minimum absolute atomic E-state index is 0.0102. The normalized spacial score (nSPS) is 20.1. The molecule has 2 aromatic rings. The SMILES string of the molecule is O=S1(=O)C=CC(Nc2nc(Cl)nc(-n3ccnc3)n2)C1. The molecule has 0 saturated heterocycles. The summed E-state index contributed by atoms with van der Waals surface area (Å²) >= 11 is 5.84. The lowest BCUT2D eigenvalue weighted by molar-refractivity contribution is 0.605. The molecule has 8 nitrogen and oxygen atoms in total. The van der Waals surface area contributed by atoms with Crippen LogP contribution in [0.1, 0.15) is 0 Å². The third-order valence-electron chi connectivity index (χ3n) is 2.58. The van der Waals surface area contributed by atoms with Crippen LogP contribution in [0.5, 0.6) is 0 Å². The van der Waals surface area contributed by atoms with Crippen LogP contribution < -0.4 is 5.32 Å². The Morgan fingerprint density at radius 3 is 2.85 bits per heavy atom. The highest BCUT2D eigenvalue weighted by atomic mass is 35.5. The number of nitrogens with zero attached hydrogens (tertiary/aromatic N) is 5. The fraction of sp³-hybridized carbons (Fsp3) is 0.200. The Morgan fingerprint density at radius 1 is 1.35 bits per heavy atom. The number of halogens is 1. The highest BCUT2D eigenvalue weighted by Crippen LogP contribution is 2.14. The molecule has 0 spiro atoms. The first kappa shape index (κ1) is 13.0. The maximum atomic E-state index is 11.3. The summed E-state index contributed by atoms with van der Waals surface area (Å²) in [6, 6.07) is -0.380. The molecular weight excluding hydrogens is 304 g/mol. The van der Waals surface area contributed by atoms with Gasteiger partial charge >= 0.3 is 0 Å². The number of hydrogen-bond acceptors (Lipinski definition) is 7. The molecule has 1 aliphatic rings. The van der Waals surface area contributed by atoms with Gasteiger partial charge in [-0.05, 0) is 17.7 Å². The van der Waals surface area contributed by atoms with E-state index >= 15 is 0 Å². The molecule has 3 heterocycles. The summed E-state index contributed by atoms with van der Waals surface area (Å²) in [6.45, 7) is 0. The monoisotopic (exact) mass is 312 g/mol. The second kappa shape index (κ2) is 4.84. The van der Waals surface area contributed by atoms with Gasteiger partial charge in [-0.2, -0.15) is 15.0 Å². The largest absolute Gasteiger partial charge is 0.347 e. The molecule has 20 heavy (non-hydrogen) atoms. The van der Waals surface area contributed by atoms with Gasteiger partial charge in [-0.25, -0.2) is 13.4 Å². The van der Waals surface area contributed by atoms with E-state index in [9.17, 15) is 8.42 Å². The summed E-state index contributed by atoms with van der Waals surface area (Å²) in [6.07, 6.45) is 6.31. The molecule has 2 aromatic heterocycles. The van der Waals surface area contributed by atoms with Crippen molar-refractivity contribution in [2.45, 2.75) is 6.04 Å². The molecule has 0 bridgehead atoms. The van der Waals surface area contributed by atoms with E-state index in [4.69, 9.17) is 11.6 Å². The zero-order valence-corrected chi connectivity index (χ0v) is 11.6. The number of anilines is 1. The van der Waals surface area contributed by atoms with Crippen LogP contribution in [0, 0.1) is 0 Å². The van der Waals surface area contributed by atoms with Crippen molar-refractivity contribution in [2.24, 2.45) is 0 Å². The average molecular weight is 313 g/mol. The highest BCUT2D eigenvalue weighted by molar-refractivity contribution is 7.94. The van der Waals surface area contributed by atoms with Crippen LogP contribution in [-0.2, 0) is 9.84 Å². The van der Waals surface area contributed by atoms with Crippen molar-refractivity contribution in [1.82, 2.24) is 24.5 Å². The van der Waals surface area contributed by atoms with Crippen LogP contribution in [0.3, 0.4) is 0 Å². The average Bonchev–Trinajstić information content (AvgIpc) is 2.98. The standard InChI is InChI=1S/C10H9ClN6O2S/c11-8-14-9(13-7-1-4-20(18,19)5-7)16-10(15-8)17-3-2-12-6-17/h1-4,6-7H,5H2,(H,13,14,15,16). The molecule has 10 heteroatoms. The Morgan fingerprint density at radius 2 is 2.20 bits per heavy atom. The fourth-order valence-corrected chi connectivity index (χ4v) is 3.12. The van der Waals surface area contributed by atoms with Gasteiger partial charge in [0, 0.05) is 17.8 Å². The van der Waals surface area contributed by atoms with Crippen molar-refractivity contribution < 1.29 is 8.42 Å². The molecule has 1 aliphatic heterocycles. The summed E-state index contributed by atoms with van der Waals surface area (Å²) in [7, 11) is -3.14. The Balaban J connectivity index is 1.86. The van der Waals surface area contributed by atoms with Gasteiger partial charge in [0.2, 0.25) is 17.2 Å². The van der Waals surface area contributed by atoms with E-state index in [0.717, 1.165) is 0 Å². The van der Waals surface area contributed by atoms with Crippen molar-refractivity contribution in [3.05, 3.63) is 35.5 Å². The second-order valence-corrected chi connectivity index (χ2v) is 6.38. The quantitative estimate of drug-likeness (QED) is 0.876. The zero-order valence-electron chi connectivity index (χ0n) is 10.0. The van der Waals surface area contributed by atoms with Crippen molar-refractivity contribution >= 4 is 27.4 Å². The van der Waals surface area contributed by atoms with Gasteiger partial charge in [-0.15, -0.1) is 0 Å². The molecule has 0 aromatic carbocycles. The lowest BCUT2D eigenvalue weighted by Gasteiger charge is -2.10.